The van der Waals surface area contributed by atoms with E-state index in [2.05, 4.69) is 11.1 Å². The fraction of sp³-hybridized carbons (Fsp3) is 0.714. The van der Waals surface area contributed by atoms with E-state index in [1.807, 2.05) is 0 Å². The number of nitrogens with zero attached hydrogens (tertiary/aromatic N) is 1. The summed E-state index contributed by atoms with van der Waals surface area (Å²) in [5.41, 5.74) is 0. The van der Waals surface area contributed by atoms with Crippen LogP contribution in [0.3, 0.4) is 0 Å². The molecule has 0 aliphatic rings. The summed E-state index contributed by atoms with van der Waals surface area (Å²) in [7, 11) is -1.04. The molecule has 0 fully saturated rings. The number of likely N-dealkylation sites (N-methyl/N-ethyl adjacent to an activating group) is 1. The lowest BCUT2D eigenvalue weighted by molar-refractivity contribution is -1.05. The smallest absolute Gasteiger partial charge is 0.507 e. The number of hydrogen-bond donors (Lipinski definition) is 2. The molecule has 84 valence electrons. The van der Waals surface area contributed by atoms with Gasteiger partial charge in [0, 0.05) is 0 Å². The summed E-state index contributed by atoms with van der Waals surface area (Å²) >= 11 is 0. The van der Waals surface area contributed by atoms with Crippen LogP contribution in [-0.4, -0.2) is 41.9 Å². The lowest BCUT2D eigenvalue weighted by Crippen LogP contribution is -2.40. The molecule has 0 amide bonds. The molecule has 6 nitrogen and oxygen atoms in total. The molecule has 1 atom stereocenters. The molecular formula is C7H17NO5P+. The standard InChI is InChI=1S/C7H16NO5P/c1-5-12-14(10,11)13-8(3,4)6-7(2)9/h2,5-6H2,1,3-4H3,(H-,9,10,11)/p+1. The van der Waals surface area contributed by atoms with E-state index < -0.39 is 7.82 Å². The van der Waals surface area contributed by atoms with Gasteiger partial charge in [0.05, 0.1) is 20.7 Å². The van der Waals surface area contributed by atoms with E-state index in [-0.39, 0.29) is 23.6 Å². The van der Waals surface area contributed by atoms with Crippen LogP contribution in [0.25, 0.3) is 0 Å². The summed E-state index contributed by atoms with van der Waals surface area (Å²) in [6, 6.07) is 0. The van der Waals surface area contributed by atoms with Gasteiger partial charge in [0.2, 0.25) is 0 Å². The molecule has 0 spiro atoms. The largest absolute Gasteiger partial charge is 0.518 e. The average molecular weight is 226 g/mol. The summed E-state index contributed by atoms with van der Waals surface area (Å²) in [5.74, 6) is -0.133. The van der Waals surface area contributed by atoms with Crippen molar-refractivity contribution in [2.24, 2.45) is 0 Å². The molecule has 0 rings (SSSR count). The van der Waals surface area contributed by atoms with E-state index in [0.29, 0.717) is 0 Å². The zero-order valence-corrected chi connectivity index (χ0v) is 9.53. The minimum atomic E-state index is -4.05. The molecule has 14 heavy (non-hydrogen) atoms. The van der Waals surface area contributed by atoms with Crippen molar-refractivity contribution < 1.29 is 28.4 Å². The average Bonchev–Trinajstić information content (AvgIpc) is 1.78. The Bertz CT molecular complexity index is 252. The maximum atomic E-state index is 11.2. The maximum absolute atomic E-state index is 11.2. The van der Waals surface area contributed by atoms with Crippen molar-refractivity contribution in [3.63, 3.8) is 0 Å². The summed E-state index contributed by atoms with van der Waals surface area (Å²) in [6.07, 6.45) is 0. The molecule has 0 heterocycles. The van der Waals surface area contributed by atoms with Crippen LogP contribution < -0.4 is 0 Å². The van der Waals surface area contributed by atoms with Gasteiger partial charge in [-0.3, -0.25) is 9.42 Å². The Labute approximate surface area is 83.5 Å². The Morgan fingerprint density at radius 2 is 2.07 bits per heavy atom. The molecule has 0 aliphatic heterocycles. The van der Waals surface area contributed by atoms with Crippen LogP contribution in [-0.2, 0) is 13.7 Å². The van der Waals surface area contributed by atoms with Crippen LogP contribution in [0.2, 0.25) is 0 Å². The third-order valence-corrected chi connectivity index (χ3v) is 2.41. The van der Waals surface area contributed by atoms with Crippen LogP contribution in [0.1, 0.15) is 6.92 Å². The van der Waals surface area contributed by atoms with Crippen LogP contribution in [0.5, 0.6) is 0 Å². The molecule has 0 aromatic rings. The number of quaternary nitrogens is 1. The molecule has 0 saturated carbocycles. The third kappa shape index (κ3) is 6.12. The number of hydroxylamine groups is 3. The third-order valence-electron chi connectivity index (χ3n) is 1.18. The highest BCUT2D eigenvalue weighted by Gasteiger charge is 2.33. The van der Waals surface area contributed by atoms with Crippen molar-refractivity contribution in [3.05, 3.63) is 12.3 Å². The van der Waals surface area contributed by atoms with Crippen LogP contribution in [0.4, 0.5) is 0 Å². The monoisotopic (exact) mass is 226 g/mol. The summed E-state index contributed by atoms with van der Waals surface area (Å²) in [5, 5.41) is 8.91. The second kappa shape index (κ2) is 4.91. The topological polar surface area (TPSA) is 76.0 Å². The highest BCUT2D eigenvalue weighted by molar-refractivity contribution is 7.47. The summed E-state index contributed by atoms with van der Waals surface area (Å²) in [6.45, 7) is 4.93. The van der Waals surface area contributed by atoms with E-state index in [0.717, 1.165) is 0 Å². The van der Waals surface area contributed by atoms with Gasteiger partial charge in [-0.25, -0.2) is 4.57 Å². The number of aliphatic hydroxyl groups is 1. The zero-order valence-electron chi connectivity index (χ0n) is 8.63. The van der Waals surface area contributed by atoms with Crippen molar-refractivity contribution in [3.8, 4) is 0 Å². The fourth-order valence-corrected chi connectivity index (χ4v) is 1.92. The number of aliphatic hydroxyl groups excluding tert-OH is 1. The van der Waals surface area contributed by atoms with E-state index in [1.165, 1.54) is 14.1 Å². The highest BCUT2D eigenvalue weighted by Crippen LogP contribution is 2.45. The van der Waals surface area contributed by atoms with Gasteiger partial charge in [-0.1, -0.05) is 11.2 Å². The second-order valence-corrected chi connectivity index (χ2v) is 4.62. The molecule has 0 aromatic heterocycles. The van der Waals surface area contributed by atoms with Gasteiger partial charge in [0.25, 0.3) is 0 Å². The first-order chi connectivity index (χ1) is 6.18. The Balaban J connectivity index is 4.34. The summed E-state index contributed by atoms with van der Waals surface area (Å²) < 4.78 is 20.2. The van der Waals surface area contributed by atoms with E-state index in [1.54, 1.807) is 6.92 Å². The summed E-state index contributed by atoms with van der Waals surface area (Å²) in [4.78, 5) is 9.15. The van der Waals surface area contributed by atoms with Gasteiger partial charge in [0.1, 0.15) is 5.76 Å². The molecule has 1 unspecified atom stereocenters. The van der Waals surface area contributed by atoms with Gasteiger partial charge in [-0.15, -0.1) is 0 Å². The van der Waals surface area contributed by atoms with Crippen molar-refractivity contribution >= 4 is 7.82 Å². The number of hydrogen-bond acceptors (Lipinski definition) is 4. The van der Waals surface area contributed by atoms with E-state index >= 15 is 0 Å². The molecule has 2 N–H and O–H groups in total. The maximum Gasteiger partial charge on any atom is 0.518 e. The predicted octanol–water partition coefficient (Wildman–Crippen LogP) is 1.20. The molecule has 7 heteroatoms. The van der Waals surface area contributed by atoms with E-state index in [9.17, 15) is 4.57 Å². The minimum absolute atomic E-state index is 0.0115. The molecule has 0 radical (unpaired) electrons. The van der Waals surface area contributed by atoms with Gasteiger partial charge in [-0.05, 0) is 6.92 Å². The molecular weight excluding hydrogens is 209 g/mol. The van der Waals surface area contributed by atoms with Gasteiger partial charge < -0.3 is 5.11 Å². The van der Waals surface area contributed by atoms with Crippen molar-refractivity contribution in [2.45, 2.75) is 6.92 Å². The van der Waals surface area contributed by atoms with Crippen LogP contribution in [0.15, 0.2) is 12.3 Å². The Morgan fingerprint density at radius 1 is 1.57 bits per heavy atom. The first-order valence-corrected chi connectivity index (χ1v) is 5.56. The van der Waals surface area contributed by atoms with Crippen LogP contribution >= 0.6 is 7.82 Å². The molecule has 0 aliphatic carbocycles. The Morgan fingerprint density at radius 3 is 2.43 bits per heavy atom. The second-order valence-electron chi connectivity index (χ2n) is 3.27. The molecule has 0 saturated heterocycles. The predicted molar refractivity (Wildman–Crippen MR) is 51.3 cm³/mol. The van der Waals surface area contributed by atoms with E-state index in [4.69, 9.17) is 14.6 Å². The Kier molecular flexibility index (Phi) is 4.77. The van der Waals surface area contributed by atoms with Crippen molar-refractivity contribution in [2.75, 3.05) is 27.2 Å². The molecule has 0 aromatic carbocycles. The Hall–Kier alpha value is -0.390. The lowest BCUT2D eigenvalue weighted by atomic mass is 10.5. The van der Waals surface area contributed by atoms with Gasteiger partial charge >= 0.3 is 7.82 Å². The highest BCUT2D eigenvalue weighted by atomic mass is 31.2. The minimum Gasteiger partial charge on any atom is -0.507 e. The van der Waals surface area contributed by atoms with Gasteiger partial charge in [-0.2, -0.15) is 4.65 Å². The SMILES string of the molecule is C=C(O)C[N+](C)(C)OP(=O)(O)OCC. The van der Waals surface area contributed by atoms with Crippen LogP contribution in [0, 0.1) is 0 Å². The lowest BCUT2D eigenvalue weighted by Gasteiger charge is -2.26. The number of phosphoric ester groups is 1. The normalized spacial score (nSPS) is 16.3. The fourth-order valence-electron chi connectivity index (χ4n) is 0.934. The van der Waals surface area contributed by atoms with Crippen molar-refractivity contribution in [1.82, 2.24) is 0 Å². The first kappa shape index (κ1) is 13.6. The number of rotatable bonds is 6. The number of phosphoric acid groups is 1. The molecule has 0 bridgehead atoms. The van der Waals surface area contributed by atoms with Gasteiger partial charge in [0.15, 0.2) is 6.54 Å². The zero-order chi connectivity index (χ0) is 11.4. The first-order valence-electron chi connectivity index (χ1n) is 4.07. The quantitative estimate of drug-likeness (QED) is 0.308. The van der Waals surface area contributed by atoms with Crippen molar-refractivity contribution in [1.29, 1.82) is 0 Å².